The van der Waals surface area contributed by atoms with E-state index in [1.165, 1.54) is 0 Å². The highest BCUT2D eigenvalue weighted by Crippen LogP contribution is 2.33. The van der Waals surface area contributed by atoms with Gasteiger partial charge in [0.15, 0.2) is 6.61 Å². The first-order valence-electron chi connectivity index (χ1n) is 9.37. The van der Waals surface area contributed by atoms with Gasteiger partial charge in [-0.25, -0.2) is 4.98 Å². The fraction of sp³-hybridized carbons (Fsp3) is 0.450. The van der Waals surface area contributed by atoms with E-state index in [-0.39, 0.29) is 25.0 Å². The minimum Gasteiger partial charge on any atom is -0.482 e. The van der Waals surface area contributed by atoms with Gasteiger partial charge < -0.3 is 14.2 Å². The second-order valence-electron chi connectivity index (χ2n) is 7.35. The first-order valence-corrected chi connectivity index (χ1v) is 9.37. The molecular formula is C20H24N4O3. The summed E-state index contributed by atoms with van der Waals surface area (Å²) >= 11 is 0. The monoisotopic (exact) mass is 368 g/mol. The van der Waals surface area contributed by atoms with E-state index >= 15 is 0 Å². The van der Waals surface area contributed by atoms with Crippen LogP contribution in [0.5, 0.6) is 5.75 Å². The van der Waals surface area contributed by atoms with Crippen LogP contribution in [-0.2, 0) is 16.1 Å². The van der Waals surface area contributed by atoms with Gasteiger partial charge in [0.2, 0.25) is 5.91 Å². The zero-order valence-electron chi connectivity index (χ0n) is 15.5. The summed E-state index contributed by atoms with van der Waals surface area (Å²) in [6.45, 7) is 4.34. The summed E-state index contributed by atoms with van der Waals surface area (Å²) in [5.74, 6) is 0.887. The quantitative estimate of drug-likeness (QED) is 0.826. The Hall–Kier alpha value is -2.83. The van der Waals surface area contributed by atoms with Crippen molar-refractivity contribution >= 4 is 17.5 Å². The zero-order chi connectivity index (χ0) is 18.8. The Bertz CT molecular complexity index is 834. The number of carbonyl (C=O) groups excluding carboxylic acids is 2. The SMILES string of the molecule is Cc1ccc2c(c1)N(CC(=O)N1CCCC(Cn3ccnc3)C1)C(=O)CO2. The van der Waals surface area contributed by atoms with Gasteiger partial charge >= 0.3 is 0 Å². The summed E-state index contributed by atoms with van der Waals surface area (Å²) in [5.41, 5.74) is 1.72. The van der Waals surface area contributed by atoms with Crippen molar-refractivity contribution in [3.8, 4) is 5.75 Å². The van der Waals surface area contributed by atoms with Crippen LogP contribution in [0.15, 0.2) is 36.9 Å². The molecule has 0 saturated carbocycles. The van der Waals surface area contributed by atoms with Gasteiger partial charge in [-0.2, -0.15) is 0 Å². The molecule has 2 amide bonds. The molecular weight excluding hydrogens is 344 g/mol. The first-order chi connectivity index (χ1) is 13.1. The number of hydrogen-bond acceptors (Lipinski definition) is 4. The van der Waals surface area contributed by atoms with Gasteiger partial charge in [-0.15, -0.1) is 0 Å². The molecule has 2 aromatic rings. The van der Waals surface area contributed by atoms with E-state index in [0.717, 1.165) is 38.0 Å². The van der Waals surface area contributed by atoms with E-state index in [1.807, 2.05) is 42.5 Å². The van der Waals surface area contributed by atoms with Gasteiger partial charge in [-0.1, -0.05) is 6.07 Å². The molecule has 0 radical (unpaired) electrons. The van der Waals surface area contributed by atoms with Crippen molar-refractivity contribution in [2.24, 2.45) is 5.92 Å². The molecule has 1 unspecified atom stereocenters. The lowest BCUT2D eigenvalue weighted by Crippen LogP contribution is -2.49. The second kappa shape index (κ2) is 7.42. The van der Waals surface area contributed by atoms with Gasteiger partial charge in [0, 0.05) is 32.0 Å². The molecule has 1 fully saturated rings. The number of ether oxygens (including phenoxy) is 1. The molecule has 0 N–H and O–H groups in total. The van der Waals surface area contributed by atoms with Crippen LogP contribution in [-0.4, -0.2) is 52.5 Å². The lowest BCUT2D eigenvalue weighted by molar-refractivity contribution is -0.133. The predicted octanol–water partition coefficient (Wildman–Crippen LogP) is 1.86. The Morgan fingerprint density at radius 3 is 3.07 bits per heavy atom. The lowest BCUT2D eigenvalue weighted by atomic mass is 9.98. The molecule has 1 aromatic carbocycles. The number of aryl methyl sites for hydroxylation is 1. The normalized spacial score (nSPS) is 19.6. The molecule has 7 nitrogen and oxygen atoms in total. The van der Waals surface area contributed by atoms with E-state index in [1.54, 1.807) is 11.1 Å². The fourth-order valence-corrected chi connectivity index (χ4v) is 3.85. The van der Waals surface area contributed by atoms with Gasteiger partial charge in [-0.3, -0.25) is 14.5 Å². The van der Waals surface area contributed by atoms with E-state index < -0.39 is 0 Å². The molecule has 3 heterocycles. The molecule has 0 bridgehead atoms. The Morgan fingerprint density at radius 2 is 2.26 bits per heavy atom. The third-order valence-electron chi connectivity index (χ3n) is 5.25. The third kappa shape index (κ3) is 3.82. The molecule has 0 aliphatic carbocycles. The summed E-state index contributed by atoms with van der Waals surface area (Å²) < 4.78 is 7.56. The Labute approximate surface area is 158 Å². The minimum atomic E-state index is -0.173. The molecule has 142 valence electrons. The number of rotatable bonds is 4. The average Bonchev–Trinajstić information content (AvgIpc) is 3.17. The Morgan fingerprint density at radius 1 is 1.37 bits per heavy atom. The van der Waals surface area contributed by atoms with E-state index in [4.69, 9.17) is 4.74 Å². The third-order valence-corrected chi connectivity index (χ3v) is 5.25. The number of aromatic nitrogens is 2. The summed E-state index contributed by atoms with van der Waals surface area (Å²) in [4.78, 5) is 32.8. The molecule has 1 atom stereocenters. The molecule has 2 aliphatic rings. The van der Waals surface area contributed by atoms with Crippen molar-refractivity contribution in [1.82, 2.24) is 14.5 Å². The topological polar surface area (TPSA) is 67.7 Å². The first kappa shape index (κ1) is 17.6. The number of anilines is 1. The van der Waals surface area contributed by atoms with E-state index in [0.29, 0.717) is 17.4 Å². The van der Waals surface area contributed by atoms with Crippen LogP contribution in [0, 0.1) is 12.8 Å². The summed E-state index contributed by atoms with van der Waals surface area (Å²) in [6, 6.07) is 5.70. The van der Waals surface area contributed by atoms with Crippen LogP contribution >= 0.6 is 0 Å². The molecule has 4 rings (SSSR count). The number of fused-ring (bicyclic) bond motifs is 1. The van der Waals surface area contributed by atoms with E-state index in [9.17, 15) is 9.59 Å². The maximum absolute atomic E-state index is 12.9. The highest BCUT2D eigenvalue weighted by molar-refractivity contribution is 6.02. The number of likely N-dealkylation sites (tertiary alicyclic amines) is 1. The van der Waals surface area contributed by atoms with Crippen molar-refractivity contribution < 1.29 is 14.3 Å². The molecule has 1 saturated heterocycles. The van der Waals surface area contributed by atoms with Crippen LogP contribution in [0.2, 0.25) is 0 Å². The van der Waals surface area contributed by atoms with Crippen LogP contribution in [0.4, 0.5) is 5.69 Å². The van der Waals surface area contributed by atoms with E-state index in [2.05, 4.69) is 9.55 Å². The summed E-state index contributed by atoms with van der Waals surface area (Å²) in [6.07, 6.45) is 7.62. The summed E-state index contributed by atoms with van der Waals surface area (Å²) in [5, 5.41) is 0. The van der Waals surface area contributed by atoms with Crippen LogP contribution < -0.4 is 9.64 Å². The number of benzene rings is 1. The van der Waals surface area contributed by atoms with Crippen molar-refractivity contribution in [2.75, 3.05) is 31.1 Å². The molecule has 0 spiro atoms. The number of piperidine rings is 1. The Balaban J connectivity index is 1.44. The molecule has 27 heavy (non-hydrogen) atoms. The number of imidazole rings is 1. The average molecular weight is 368 g/mol. The minimum absolute atomic E-state index is 0.00645. The number of nitrogens with zero attached hydrogens (tertiary/aromatic N) is 4. The van der Waals surface area contributed by atoms with Crippen LogP contribution in [0.3, 0.4) is 0 Å². The van der Waals surface area contributed by atoms with Crippen molar-refractivity contribution in [3.05, 3.63) is 42.5 Å². The van der Waals surface area contributed by atoms with Crippen LogP contribution in [0.1, 0.15) is 18.4 Å². The number of amides is 2. The summed E-state index contributed by atoms with van der Waals surface area (Å²) in [7, 11) is 0. The van der Waals surface area contributed by atoms with Crippen molar-refractivity contribution in [2.45, 2.75) is 26.3 Å². The predicted molar refractivity (Wildman–Crippen MR) is 101 cm³/mol. The van der Waals surface area contributed by atoms with Crippen molar-refractivity contribution in [1.29, 1.82) is 0 Å². The molecule has 2 aliphatic heterocycles. The van der Waals surface area contributed by atoms with Gasteiger partial charge in [0.25, 0.3) is 5.91 Å². The smallest absolute Gasteiger partial charge is 0.265 e. The maximum Gasteiger partial charge on any atom is 0.265 e. The Kier molecular flexibility index (Phi) is 4.83. The second-order valence-corrected chi connectivity index (χ2v) is 7.35. The van der Waals surface area contributed by atoms with Gasteiger partial charge in [0.1, 0.15) is 12.3 Å². The standard InChI is InChI=1S/C20H24N4O3/c1-15-4-5-18-17(9-15)24(20(26)13-27-18)12-19(25)23-7-2-3-16(11-23)10-22-8-6-21-14-22/h4-6,8-9,14,16H,2-3,7,10-13H2,1H3. The zero-order valence-corrected chi connectivity index (χ0v) is 15.5. The van der Waals surface area contributed by atoms with Gasteiger partial charge in [0.05, 0.1) is 12.0 Å². The molecule has 1 aromatic heterocycles. The van der Waals surface area contributed by atoms with Crippen LogP contribution in [0.25, 0.3) is 0 Å². The largest absolute Gasteiger partial charge is 0.482 e. The van der Waals surface area contributed by atoms with Gasteiger partial charge in [-0.05, 0) is 43.4 Å². The lowest BCUT2D eigenvalue weighted by Gasteiger charge is -2.35. The fourth-order valence-electron chi connectivity index (χ4n) is 3.85. The number of hydrogen-bond donors (Lipinski definition) is 0. The highest BCUT2D eigenvalue weighted by atomic mass is 16.5. The molecule has 7 heteroatoms. The highest BCUT2D eigenvalue weighted by Gasteiger charge is 2.30. The number of carbonyl (C=O) groups is 2. The van der Waals surface area contributed by atoms with Crippen molar-refractivity contribution in [3.63, 3.8) is 0 Å². The maximum atomic E-state index is 12.9.